The van der Waals surface area contributed by atoms with Gasteiger partial charge < -0.3 is 10.6 Å². The third-order valence-corrected chi connectivity index (χ3v) is 2.81. The van der Waals surface area contributed by atoms with Crippen LogP contribution in [-0.2, 0) is 0 Å². The normalized spacial score (nSPS) is 12.3. The maximum Gasteiger partial charge on any atom is 0.273 e. The number of nitro groups is 1. The molecule has 1 atom stereocenters. The Labute approximate surface area is 101 Å². The summed E-state index contributed by atoms with van der Waals surface area (Å²) < 4.78 is 0. The number of nitrogens with one attached hydrogen (secondary N) is 2. The van der Waals surface area contributed by atoms with Crippen LogP contribution < -0.4 is 10.6 Å². The molecule has 94 valence electrons. The predicted molar refractivity (Wildman–Crippen MR) is 70.6 cm³/mol. The van der Waals surface area contributed by atoms with Crippen molar-refractivity contribution < 1.29 is 4.92 Å². The molecule has 0 spiro atoms. The Morgan fingerprint density at radius 3 is 2.24 bits per heavy atom. The lowest BCUT2D eigenvalue weighted by molar-refractivity contribution is -0.384. The van der Waals surface area contributed by atoms with Crippen molar-refractivity contribution in [2.45, 2.75) is 26.8 Å². The highest BCUT2D eigenvalue weighted by atomic mass is 16.6. The summed E-state index contributed by atoms with van der Waals surface area (Å²) in [4.78, 5) is 10.4. The molecule has 0 aliphatic rings. The van der Waals surface area contributed by atoms with E-state index in [0.717, 1.165) is 11.4 Å². The number of nitrogens with zero attached hydrogens (tertiary/aromatic N) is 1. The Morgan fingerprint density at radius 2 is 1.76 bits per heavy atom. The van der Waals surface area contributed by atoms with Gasteiger partial charge in [0.1, 0.15) is 0 Å². The quantitative estimate of drug-likeness (QED) is 0.610. The summed E-state index contributed by atoms with van der Waals surface area (Å²) in [5, 5.41) is 17.0. The van der Waals surface area contributed by atoms with E-state index >= 15 is 0 Å². The molecular weight excluding hydrogens is 218 g/mol. The van der Waals surface area contributed by atoms with E-state index in [1.54, 1.807) is 13.1 Å². The van der Waals surface area contributed by atoms with E-state index in [1.165, 1.54) is 6.07 Å². The molecule has 0 heterocycles. The Morgan fingerprint density at radius 1 is 1.18 bits per heavy atom. The summed E-state index contributed by atoms with van der Waals surface area (Å²) in [5.74, 6) is 0.465. The third-order valence-electron chi connectivity index (χ3n) is 2.81. The Kier molecular flexibility index (Phi) is 4.31. The fourth-order valence-corrected chi connectivity index (χ4v) is 1.37. The molecule has 0 radical (unpaired) electrons. The molecule has 1 unspecified atom stereocenters. The molecule has 0 bridgehead atoms. The van der Waals surface area contributed by atoms with Crippen LogP contribution in [0.1, 0.15) is 20.8 Å². The SMILES string of the molecule is CNc1cc(NC(C)C(C)C)cc([N+](=O)[O-])c1. The fourth-order valence-electron chi connectivity index (χ4n) is 1.37. The molecule has 0 aliphatic heterocycles. The van der Waals surface area contributed by atoms with Crippen molar-refractivity contribution >= 4 is 17.1 Å². The highest BCUT2D eigenvalue weighted by Crippen LogP contribution is 2.25. The van der Waals surface area contributed by atoms with Gasteiger partial charge >= 0.3 is 0 Å². The van der Waals surface area contributed by atoms with Gasteiger partial charge in [0.25, 0.3) is 5.69 Å². The van der Waals surface area contributed by atoms with E-state index < -0.39 is 0 Å². The first-order valence-electron chi connectivity index (χ1n) is 5.67. The summed E-state index contributed by atoms with van der Waals surface area (Å²) >= 11 is 0. The van der Waals surface area contributed by atoms with E-state index in [1.807, 2.05) is 6.07 Å². The van der Waals surface area contributed by atoms with Gasteiger partial charge in [-0.15, -0.1) is 0 Å². The van der Waals surface area contributed by atoms with Crippen LogP contribution in [0.5, 0.6) is 0 Å². The maximum absolute atomic E-state index is 10.8. The number of rotatable bonds is 5. The second-order valence-corrected chi connectivity index (χ2v) is 4.45. The molecule has 1 aromatic carbocycles. The van der Waals surface area contributed by atoms with Crippen LogP contribution in [0, 0.1) is 16.0 Å². The van der Waals surface area contributed by atoms with E-state index in [2.05, 4.69) is 31.4 Å². The second kappa shape index (κ2) is 5.52. The Hall–Kier alpha value is -1.78. The number of hydrogen-bond donors (Lipinski definition) is 2. The molecule has 0 saturated carbocycles. The molecule has 2 N–H and O–H groups in total. The van der Waals surface area contributed by atoms with Crippen molar-refractivity contribution in [3.8, 4) is 0 Å². The van der Waals surface area contributed by atoms with Crippen LogP contribution >= 0.6 is 0 Å². The smallest absolute Gasteiger partial charge is 0.273 e. The van der Waals surface area contributed by atoms with Crippen molar-refractivity contribution in [2.24, 2.45) is 5.92 Å². The minimum absolute atomic E-state index is 0.0929. The van der Waals surface area contributed by atoms with Gasteiger partial charge in [-0.05, 0) is 18.9 Å². The summed E-state index contributed by atoms with van der Waals surface area (Å²) in [6.45, 7) is 6.27. The maximum atomic E-state index is 10.8. The molecular formula is C12H19N3O2. The van der Waals surface area contributed by atoms with Gasteiger partial charge in [-0.2, -0.15) is 0 Å². The monoisotopic (exact) mass is 237 g/mol. The van der Waals surface area contributed by atoms with Gasteiger partial charge in [-0.3, -0.25) is 10.1 Å². The molecule has 0 aliphatic carbocycles. The third kappa shape index (κ3) is 3.62. The van der Waals surface area contributed by atoms with E-state index in [4.69, 9.17) is 0 Å². The summed E-state index contributed by atoms with van der Waals surface area (Å²) in [7, 11) is 1.74. The first kappa shape index (κ1) is 13.3. The van der Waals surface area contributed by atoms with Crippen LogP contribution in [0.2, 0.25) is 0 Å². The average molecular weight is 237 g/mol. The minimum Gasteiger partial charge on any atom is -0.388 e. The van der Waals surface area contributed by atoms with Gasteiger partial charge in [0.2, 0.25) is 0 Å². The van der Waals surface area contributed by atoms with Crippen LogP contribution in [-0.4, -0.2) is 18.0 Å². The second-order valence-electron chi connectivity index (χ2n) is 4.45. The zero-order chi connectivity index (χ0) is 13.0. The van der Waals surface area contributed by atoms with Gasteiger partial charge in [0.05, 0.1) is 4.92 Å². The first-order valence-corrected chi connectivity index (χ1v) is 5.67. The molecule has 0 aromatic heterocycles. The topological polar surface area (TPSA) is 67.2 Å². The van der Waals surface area contributed by atoms with E-state index in [0.29, 0.717) is 5.92 Å². The van der Waals surface area contributed by atoms with Gasteiger partial charge in [-0.25, -0.2) is 0 Å². The molecule has 0 saturated heterocycles. The number of benzene rings is 1. The number of non-ortho nitro benzene ring substituents is 1. The minimum atomic E-state index is -0.383. The number of nitro benzene ring substituents is 1. The molecule has 17 heavy (non-hydrogen) atoms. The van der Waals surface area contributed by atoms with Crippen LogP contribution in [0.25, 0.3) is 0 Å². The summed E-state index contributed by atoms with van der Waals surface area (Å²) in [6, 6.07) is 5.21. The molecule has 1 aromatic rings. The molecule has 5 nitrogen and oxygen atoms in total. The first-order chi connectivity index (χ1) is 7.93. The van der Waals surface area contributed by atoms with Crippen molar-refractivity contribution in [3.05, 3.63) is 28.3 Å². The average Bonchev–Trinajstić information content (AvgIpc) is 2.28. The largest absolute Gasteiger partial charge is 0.388 e. The van der Waals surface area contributed by atoms with Crippen LogP contribution in [0.15, 0.2) is 18.2 Å². The lowest BCUT2D eigenvalue weighted by Gasteiger charge is -2.19. The van der Waals surface area contributed by atoms with E-state index in [-0.39, 0.29) is 16.7 Å². The fraction of sp³-hybridized carbons (Fsp3) is 0.500. The zero-order valence-corrected chi connectivity index (χ0v) is 10.7. The van der Waals surface area contributed by atoms with Gasteiger partial charge in [-0.1, -0.05) is 13.8 Å². The molecule has 1 rings (SSSR count). The van der Waals surface area contributed by atoms with Crippen molar-refractivity contribution in [1.82, 2.24) is 0 Å². The van der Waals surface area contributed by atoms with Gasteiger partial charge in [0.15, 0.2) is 0 Å². The van der Waals surface area contributed by atoms with Gasteiger partial charge in [0, 0.05) is 36.6 Å². The lowest BCUT2D eigenvalue weighted by atomic mass is 10.1. The molecule has 0 fully saturated rings. The number of anilines is 2. The highest BCUT2D eigenvalue weighted by molar-refractivity contribution is 5.63. The predicted octanol–water partition coefficient (Wildman–Crippen LogP) is 3.09. The number of hydrogen-bond acceptors (Lipinski definition) is 4. The Bertz CT molecular complexity index is 405. The zero-order valence-electron chi connectivity index (χ0n) is 10.7. The standard InChI is InChI=1S/C12H19N3O2/c1-8(2)9(3)14-11-5-10(13-4)6-12(7-11)15(16)17/h5-9,13-14H,1-4H3. The van der Waals surface area contributed by atoms with E-state index in [9.17, 15) is 10.1 Å². The highest BCUT2D eigenvalue weighted by Gasteiger charge is 2.12. The summed E-state index contributed by atoms with van der Waals surface area (Å²) in [5.41, 5.74) is 1.60. The van der Waals surface area contributed by atoms with Crippen LogP contribution in [0.3, 0.4) is 0 Å². The van der Waals surface area contributed by atoms with Crippen molar-refractivity contribution in [3.63, 3.8) is 0 Å². The Balaban J connectivity index is 2.98. The lowest BCUT2D eigenvalue weighted by Crippen LogP contribution is -2.21. The van der Waals surface area contributed by atoms with Crippen molar-refractivity contribution in [2.75, 3.05) is 17.7 Å². The summed E-state index contributed by atoms with van der Waals surface area (Å²) in [6.07, 6.45) is 0. The van der Waals surface area contributed by atoms with Crippen molar-refractivity contribution in [1.29, 1.82) is 0 Å². The molecule has 0 amide bonds. The molecule has 5 heteroatoms. The van der Waals surface area contributed by atoms with Crippen LogP contribution in [0.4, 0.5) is 17.1 Å².